The third-order valence-electron chi connectivity index (χ3n) is 4.41. The molecular formula is C18H24N4O. The molecule has 1 aromatic heterocycles. The fourth-order valence-corrected chi connectivity index (χ4v) is 2.97. The van der Waals surface area contributed by atoms with Crippen molar-refractivity contribution in [2.75, 3.05) is 19.6 Å². The number of aryl methyl sites for hydroxylation is 1. The minimum atomic E-state index is -0.0837. The Morgan fingerprint density at radius 1 is 1.35 bits per heavy atom. The molecule has 5 nitrogen and oxygen atoms in total. The molecule has 122 valence electrons. The number of nitrogens with zero attached hydrogens (tertiary/aromatic N) is 1. The van der Waals surface area contributed by atoms with Gasteiger partial charge < -0.3 is 10.6 Å². The number of hydrogen-bond donors (Lipinski definition) is 3. The molecule has 3 N–H and O–H groups in total. The van der Waals surface area contributed by atoms with E-state index in [9.17, 15) is 4.79 Å². The summed E-state index contributed by atoms with van der Waals surface area (Å²) in [6.07, 6.45) is 3.52. The number of rotatable bonds is 5. The topological polar surface area (TPSA) is 69.8 Å². The summed E-state index contributed by atoms with van der Waals surface area (Å²) in [5, 5.41) is 13.5. The van der Waals surface area contributed by atoms with E-state index in [1.165, 1.54) is 18.4 Å². The van der Waals surface area contributed by atoms with Crippen LogP contribution in [-0.4, -0.2) is 35.7 Å². The van der Waals surface area contributed by atoms with E-state index < -0.39 is 0 Å². The number of benzene rings is 1. The van der Waals surface area contributed by atoms with Gasteiger partial charge in [-0.15, -0.1) is 0 Å². The number of aromatic amines is 1. The van der Waals surface area contributed by atoms with Crippen molar-refractivity contribution in [1.82, 2.24) is 20.8 Å². The van der Waals surface area contributed by atoms with E-state index in [2.05, 4.69) is 27.8 Å². The first-order valence-corrected chi connectivity index (χ1v) is 8.34. The number of carbonyl (C=O) groups excluding carboxylic acids is 1. The van der Waals surface area contributed by atoms with Gasteiger partial charge in [-0.3, -0.25) is 9.89 Å². The van der Waals surface area contributed by atoms with Crippen LogP contribution in [0.1, 0.15) is 35.3 Å². The van der Waals surface area contributed by atoms with E-state index in [4.69, 9.17) is 0 Å². The second-order valence-corrected chi connectivity index (χ2v) is 6.29. The maximum Gasteiger partial charge on any atom is 0.269 e. The average molecular weight is 312 g/mol. The summed E-state index contributed by atoms with van der Waals surface area (Å²) in [4.78, 5) is 12.2. The number of carbonyl (C=O) groups is 1. The molecule has 5 heteroatoms. The molecule has 2 heterocycles. The Morgan fingerprint density at radius 2 is 2.17 bits per heavy atom. The van der Waals surface area contributed by atoms with Crippen LogP contribution in [0.4, 0.5) is 0 Å². The third kappa shape index (κ3) is 4.20. The molecule has 1 amide bonds. The fourth-order valence-electron chi connectivity index (χ4n) is 2.97. The van der Waals surface area contributed by atoms with Gasteiger partial charge in [0.05, 0.1) is 5.69 Å². The van der Waals surface area contributed by atoms with Gasteiger partial charge in [-0.25, -0.2) is 0 Å². The molecule has 0 saturated carbocycles. The molecule has 1 fully saturated rings. The zero-order valence-corrected chi connectivity index (χ0v) is 13.6. The summed E-state index contributed by atoms with van der Waals surface area (Å²) in [6, 6.07) is 9.93. The van der Waals surface area contributed by atoms with Gasteiger partial charge in [0.2, 0.25) is 0 Å². The number of aromatic nitrogens is 2. The lowest BCUT2D eigenvalue weighted by atomic mass is 9.96. The summed E-state index contributed by atoms with van der Waals surface area (Å²) in [6.45, 7) is 4.95. The lowest BCUT2D eigenvalue weighted by Gasteiger charge is -2.22. The number of piperidine rings is 1. The van der Waals surface area contributed by atoms with E-state index in [1.807, 2.05) is 30.3 Å². The predicted octanol–water partition coefficient (Wildman–Crippen LogP) is 2.50. The van der Waals surface area contributed by atoms with Crippen LogP contribution in [0.15, 0.2) is 30.3 Å². The molecule has 1 unspecified atom stereocenters. The maximum absolute atomic E-state index is 12.2. The average Bonchev–Trinajstić information content (AvgIpc) is 3.06. The van der Waals surface area contributed by atoms with Gasteiger partial charge >= 0.3 is 0 Å². The van der Waals surface area contributed by atoms with Crippen LogP contribution in [0.3, 0.4) is 0 Å². The number of hydrogen-bond acceptors (Lipinski definition) is 3. The van der Waals surface area contributed by atoms with Crippen LogP contribution in [-0.2, 0) is 0 Å². The van der Waals surface area contributed by atoms with E-state index in [-0.39, 0.29) is 5.91 Å². The summed E-state index contributed by atoms with van der Waals surface area (Å²) < 4.78 is 0. The highest BCUT2D eigenvalue weighted by molar-refractivity contribution is 5.93. The second kappa shape index (κ2) is 7.42. The van der Waals surface area contributed by atoms with Crippen molar-refractivity contribution in [1.29, 1.82) is 0 Å². The van der Waals surface area contributed by atoms with Crippen LogP contribution in [0.25, 0.3) is 11.3 Å². The van der Waals surface area contributed by atoms with Crippen molar-refractivity contribution >= 4 is 5.91 Å². The van der Waals surface area contributed by atoms with Crippen molar-refractivity contribution in [3.05, 3.63) is 41.6 Å². The summed E-state index contributed by atoms with van der Waals surface area (Å²) in [5.74, 6) is 0.591. The SMILES string of the molecule is Cc1ccc(-c2cc(C(=O)NCCC3CCCNC3)[nH]n2)cc1. The Bertz CT molecular complexity index is 641. The van der Waals surface area contributed by atoms with Crippen LogP contribution >= 0.6 is 0 Å². The standard InChI is InChI=1S/C18H24N4O/c1-13-4-6-15(7-5-13)16-11-17(22-21-16)18(23)20-10-8-14-3-2-9-19-12-14/h4-7,11,14,19H,2-3,8-10,12H2,1H3,(H,20,23)(H,21,22). The molecule has 3 rings (SSSR count). The monoisotopic (exact) mass is 312 g/mol. The van der Waals surface area contributed by atoms with Gasteiger partial charge in [0, 0.05) is 12.1 Å². The van der Waals surface area contributed by atoms with Gasteiger partial charge in [-0.05, 0) is 51.3 Å². The highest BCUT2D eigenvalue weighted by Gasteiger charge is 2.14. The highest BCUT2D eigenvalue weighted by Crippen LogP contribution is 2.18. The number of nitrogens with one attached hydrogen (secondary N) is 3. The van der Waals surface area contributed by atoms with E-state index in [0.717, 1.165) is 30.8 Å². The summed E-state index contributed by atoms with van der Waals surface area (Å²) >= 11 is 0. The molecule has 1 aliphatic rings. The van der Waals surface area contributed by atoms with Crippen molar-refractivity contribution < 1.29 is 4.79 Å². The lowest BCUT2D eigenvalue weighted by Crippen LogP contribution is -2.33. The Labute approximate surface area is 136 Å². The number of amides is 1. The van der Waals surface area contributed by atoms with Gasteiger partial charge in [0.25, 0.3) is 5.91 Å². The van der Waals surface area contributed by atoms with Gasteiger partial charge in [0.15, 0.2) is 0 Å². The first-order valence-electron chi connectivity index (χ1n) is 8.34. The molecule has 1 aromatic carbocycles. The minimum Gasteiger partial charge on any atom is -0.351 e. The maximum atomic E-state index is 12.2. The Morgan fingerprint density at radius 3 is 2.91 bits per heavy atom. The van der Waals surface area contributed by atoms with Crippen molar-refractivity contribution in [2.24, 2.45) is 5.92 Å². The van der Waals surface area contributed by atoms with Gasteiger partial charge in [-0.1, -0.05) is 29.8 Å². The smallest absolute Gasteiger partial charge is 0.269 e. The third-order valence-corrected chi connectivity index (χ3v) is 4.41. The Kier molecular flexibility index (Phi) is 5.08. The van der Waals surface area contributed by atoms with Crippen molar-refractivity contribution in [2.45, 2.75) is 26.2 Å². The summed E-state index contributed by atoms with van der Waals surface area (Å²) in [7, 11) is 0. The lowest BCUT2D eigenvalue weighted by molar-refractivity contribution is 0.0945. The fraction of sp³-hybridized carbons (Fsp3) is 0.444. The molecule has 1 saturated heterocycles. The molecular weight excluding hydrogens is 288 g/mol. The predicted molar refractivity (Wildman–Crippen MR) is 91.3 cm³/mol. The van der Waals surface area contributed by atoms with E-state index in [1.54, 1.807) is 0 Å². The van der Waals surface area contributed by atoms with Crippen molar-refractivity contribution in [3.63, 3.8) is 0 Å². The number of H-pyrrole nitrogens is 1. The second-order valence-electron chi connectivity index (χ2n) is 6.29. The Hall–Kier alpha value is -2.14. The molecule has 0 bridgehead atoms. The van der Waals surface area contributed by atoms with E-state index >= 15 is 0 Å². The molecule has 1 aliphatic heterocycles. The van der Waals surface area contributed by atoms with Crippen LogP contribution in [0.2, 0.25) is 0 Å². The molecule has 0 aliphatic carbocycles. The highest BCUT2D eigenvalue weighted by atomic mass is 16.1. The Balaban J connectivity index is 1.52. The van der Waals surface area contributed by atoms with Gasteiger partial charge in [0.1, 0.15) is 5.69 Å². The minimum absolute atomic E-state index is 0.0837. The molecule has 2 aromatic rings. The summed E-state index contributed by atoms with van der Waals surface area (Å²) in [5.41, 5.74) is 3.53. The van der Waals surface area contributed by atoms with Crippen LogP contribution in [0.5, 0.6) is 0 Å². The first-order chi connectivity index (χ1) is 11.2. The zero-order chi connectivity index (χ0) is 16.1. The molecule has 1 atom stereocenters. The normalized spacial score (nSPS) is 17.9. The largest absolute Gasteiger partial charge is 0.351 e. The molecule has 0 radical (unpaired) electrons. The van der Waals surface area contributed by atoms with Crippen molar-refractivity contribution in [3.8, 4) is 11.3 Å². The van der Waals surface area contributed by atoms with Crippen LogP contribution in [0, 0.1) is 12.8 Å². The first kappa shape index (κ1) is 15.7. The van der Waals surface area contributed by atoms with Gasteiger partial charge in [-0.2, -0.15) is 5.10 Å². The molecule has 23 heavy (non-hydrogen) atoms. The molecule has 0 spiro atoms. The zero-order valence-electron chi connectivity index (χ0n) is 13.6. The van der Waals surface area contributed by atoms with E-state index in [0.29, 0.717) is 18.2 Å². The van der Waals surface area contributed by atoms with Crippen LogP contribution < -0.4 is 10.6 Å². The quantitative estimate of drug-likeness (QED) is 0.794.